The molecule has 2 N–H and O–H groups in total. The van der Waals surface area contributed by atoms with E-state index in [-0.39, 0.29) is 49.1 Å². The second kappa shape index (κ2) is 37.8. The molecule has 0 heterocycles. The number of phosphoric ester groups is 1. The number of carbonyl (C=O) groups is 5. The Bertz CT molecular complexity index is 2810. The molecule has 6 aromatic carbocycles. The Morgan fingerprint density at radius 2 is 0.829 bits per heavy atom. The zero-order chi connectivity index (χ0) is 60.1. The molecule has 0 spiro atoms. The highest BCUT2D eigenvalue weighted by Crippen LogP contribution is 2.49. The van der Waals surface area contributed by atoms with Crippen LogP contribution in [0.15, 0.2) is 175 Å². The zero-order valence-electron chi connectivity index (χ0n) is 47.1. The third-order valence-electron chi connectivity index (χ3n) is 10.6. The molecule has 0 aliphatic rings. The predicted molar refractivity (Wildman–Crippen MR) is 309 cm³/mol. The number of nitrogens with one attached hydrogen (secondary N) is 1. The molecule has 442 valence electrons. The predicted octanol–water partition coefficient (Wildman–Crippen LogP) is 11.9. The van der Waals surface area contributed by atoms with Gasteiger partial charge in [-0.2, -0.15) is 4.57 Å². The molecule has 0 amide bonds. The number of rotatable bonds is 28. The lowest BCUT2D eigenvalue weighted by atomic mass is 10.1. The molecule has 0 radical (unpaired) electrons. The van der Waals surface area contributed by atoms with Crippen molar-refractivity contribution in [2.24, 2.45) is 0 Å². The number of para-hydroxylation sites is 4. The largest absolute Gasteiger partial charge is 0.647 e. The van der Waals surface area contributed by atoms with Crippen molar-refractivity contribution in [2.45, 2.75) is 90.6 Å². The molecule has 0 aromatic heterocycles. The molecule has 0 bridgehead atoms. The second-order valence-electron chi connectivity index (χ2n) is 17.2. The van der Waals surface area contributed by atoms with Crippen LogP contribution < -0.4 is 18.3 Å². The van der Waals surface area contributed by atoms with Crippen LogP contribution in [0.2, 0.25) is 0 Å². The Morgan fingerprint density at radius 1 is 0.463 bits per heavy atom. The first-order valence-corrected chi connectivity index (χ1v) is 29.6. The lowest BCUT2D eigenvalue weighted by molar-refractivity contribution is -0.195. The number of carbonyl (C=O) groups excluding carboxylic acids is 5. The molecule has 0 unspecified atom stereocenters. The maximum Gasteiger partial charge on any atom is 0.647 e. The van der Waals surface area contributed by atoms with Gasteiger partial charge in [0.25, 0.3) is 10.0 Å². The minimum atomic E-state index is -3.89. The van der Waals surface area contributed by atoms with Gasteiger partial charge in [-0.3, -0.25) is 4.72 Å². The summed E-state index contributed by atoms with van der Waals surface area (Å²) in [5.41, 5.74) is -1.05. The third kappa shape index (κ3) is 24.8. The minimum absolute atomic E-state index is 0.00211. The second-order valence-corrected chi connectivity index (χ2v) is 20.3. The maximum absolute atomic E-state index is 13.1. The SMILES string of the molecule is CCCCOC(=O)C(O)(C(=O)OCCCC)C(=O)OCCCC.CCOCCOC(=O)c1ccccc1C(=O)OCC.Cc1ccc(S(=O)(=O)Nc2ccccc2)cc1.O=P(Oc1ccccc1)(Oc1ccccc1)Oc1ccccc1. The van der Waals surface area contributed by atoms with E-state index in [1.54, 1.807) is 140 Å². The molecular formula is C61H74NO18PS. The Kier molecular flexibility index (Phi) is 31.5. The van der Waals surface area contributed by atoms with Gasteiger partial charge >= 0.3 is 43.3 Å². The van der Waals surface area contributed by atoms with Crippen LogP contribution in [0, 0.1) is 6.92 Å². The van der Waals surface area contributed by atoms with Gasteiger partial charge in [0.05, 0.1) is 49.1 Å². The smallest absolute Gasteiger partial charge is 0.463 e. The van der Waals surface area contributed by atoms with Crippen LogP contribution in [-0.2, 0) is 57.4 Å². The Balaban J connectivity index is 0.000000289. The number of ether oxygens (including phenoxy) is 6. The van der Waals surface area contributed by atoms with Gasteiger partial charge in [-0.05, 0) is 113 Å². The van der Waals surface area contributed by atoms with E-state index in [4.69, 9.17) is 42.0 Å². The molecule has 0 saturated heterocycles. The van der Waals surface area contributed by atoms with Crippen LogP contribution in [0.25, 0.3) is 0 Å². The zero-order valence-corrected chi connectivity index (χ0v) is 48.8. The van der Waals surface area contributed by atoms with Crippen molar-refractivity contribution in [2.75, 3.05) is 51.0 Å². The summed E-state index contributed by atoms with van der Waals surface area (Å²) in [5.74, 6) is -3.92. The average Bonchev–Trinajstić information content (AvgIpc) is 3.52. The fraction of sp³-hybridized carbons (Fsp3) is 0.328. The van der Waals surface area contributed by atoms with Gasteiger partial charge in [0, 0.05) is 12.3 Å². The first-order valence-electron chi connectivity index (χ1n) is 26.7. The summed E-state index contributed by atoms with van der Waals surface area (Å²) in [4.78, 5) is 59.9. The van der Waals surface area contributed by atoms with Gasteiger partial charge in [0.2, 0.25) is 0 Å². The number of anilines is 1. The van der Waals surface area contributed by atoms with Crippen molar-refractivity contribution < 1.29 is 84.1 Å². The van der Waals surface area contributed by atoms with Crippen molar-refractivity contribution in [1.29, 1.82) is 0 Å². The van der Waals surface area contributed by atoms with Crippen LogP contribution >= 0.6 is 7.82 Å². The van der Waals surface area contributed by atoms with E-state index in [1.165, 1.54) is 12.1 Å². The van der Waals surface area contributed by atoms with Crippen LogP contribution in [0.1, 0.15) is 99.4 Å². The highest BCUT2D eigenvalue weighted by Gasteiger charge is 2.56. The molecule has 82 heavy (non-hydrogen) atoms. The van der Waals surface area contributed by atoms with E-state index in [0.29, 0.717) is 55.4 Å². The minimum Gasteiger partial charge on any atom is -0.463 e. The molecule has 0 atom stereocenters. The Hall–Kier alpha value is -8.03. The van der Waals surface area contributed by atoms with Crippen molar-refractivity contribution >= 4 is 53.4 Å². The van der Waals surface area contributed by atoms with Gasteiger partial charge in [-0.15, -0.1) is 0 Å². The molecule has 21 heteroatoms. The number of hydrogen-bond acceptors (Lipinski definition) is 18. The fourth-order valence-electron chi connectivity index (χ4n) is 6.28. The summed E-state index contributed by atoms with van der Waals surface area (Å²) in [6, 6.07) is 48.4. The van der Waals surface area contributed by atoms with E-state index >= 15 is 0 Å². The van der Waals surface area contributed by atoms with E-state index < -0.39 is 53.3 Å². The lowest BCUT2D eigenvalue weighted by Crippen LogP contribution is -2.56. The molecule has 6 aromatic rings. The third-order valence-corrected chi connectivity index (χ3v) is 13.3. The van der Waals surface area contributed by atoms with Gasteiger partial charge in [-0.25, -0.2) is 32.4 Å². The van der Waals surface area contributed by atoms with Crippen molar-refractivity contribution in [3.8, 4) is 17.2 Å². The van der Waals surface area contributed by atoms with E-state index in [1.807, 2.05) is 58.9 Å². The van der Waals surface area contributed by atoms with E-state index in [0.717, 1.165) is 24.8 Å². The maximum atomic E-state index is 13.1. The lowest BCUT2D eigenvalue weighted by Gasteiger charge is -2.22. The van der Waals surface area contributed by atoms with Crippen LogP contribution in [-0.4, -0.2) is 95.2 Å². The number of aryl methyl sites for hydroxylation is 1. The Labute approximate surface area is 480 Å². The monoisotopic (exact) mass is 1170 g/mol. The average molecular weight is 1170 g/mol. The van der Waals surface area contributed by atoms with Gasteiger partial charge < -0.3 is 47.1 Å². The van der Waals surface area contributed by atoms with Gasteiger partial charge in [0.1, 0.15) is 23.9 Å². The molecule has 0 fully saturated rings. The molecule has 0 aliphatic carbocycles. The number of phosphoric acid groups is 1. The number of esters is 5. The van der Waals surface area contributed by atoms with Crippen molar-refractivity contribution in [3.63, 3.8) is 0 Å². The fourth-order valence-corrected chi connectivity index (χ4v) is 8.59. The quantitative estimate of drug-likeness (QED) is 0.0152. The highest BCUT2D eigenvalue weighted by atomic mass is 32.2. The molecule has 6 rings (SSSR count). The standard InChI is InChI=1S/C18H15O4P.C16H28O7.C14H18O5.C13H13NO2S/c19-23(20-16-10-4-1-5-11-16,21-17-12-6-2-7-13-17)22-18-14-8-3-9-15-18;1-4-7-10-21-13(17)16(20,14(18)22-11-8-5-2)15(19)23-12-9-6-3;1-3-17-9-10-19-14(16)12-8-6-5-7-11(12)13(15)18-4-2;1-11-7-9-13(10-8-11)17(15,16)14-12-5-3-2-4-6-12/h1-15H;20H,4-12H2,1-3H3;5-8H,3-4,9-10H2,1-2H3;2-10,14H,1H3. The summed E-state index contributed by atoms with van der Waals surface area (Å²) in [6.07, 6.45) is 3.93. The van der Waals surface area contributed by atoms with Crippen LogP contribution in [0.3, 0.4) is 0 Å². The topological polar surface area (TPSA) is 252 Å². The highest BCUT2D eigenvalue weighted by molar-refractivity contribution is 7.92. The first-order chi connectivity index (χ1) is 39.5. The Morgan fingerprint density at radius 3 is 1.20 bits per heavy atom. The molecule has 0 aliphatic heterocycles. The molecule has 0 saturated carbocycles. The normalized spacial score (nSPS) is 10.7. The number of benzene rings is 6. The van der Waals surface area contributed by atoms with Crippen molar-refractivity contribution in [3.05, 3.63) is 187 Å². The molecular weight excluding hydrogens is 1100 g/mol. The summed E-state index contributed by atoms with van der Waals surface area (Å²) < 4.78 is 85.6. The number of aliphatic hydroxyl groups is 1. The van der Waals surface area contributed by atoms with E-state index in [9.17, 15) is 42.1 Å². The van der Waals surface area contributed by atoms with Crippen LogP contribution in [0.4, 0.5) is 5.69 Å². The first kappa shape index (κ1) is 68.2. The number of unbranched alkanes of at least 4 members (excludes halogenated alkanes) is 3. The van der Waals surface area contributed by atoms with Gasteiger partial charge in [-0.1, -0.05) is 143 Å². The number of hydrogen-bond donors (Lipinski definition) is 2. The summed E-state index contributed by atoms with van der Waals surface area (Å²) in [7, 11) is -7.37. The summed E-state index contributed by atoms with van der Waals surface area (Å²) >= 11 is 0. The summed E-state index contributed by atoms with van der Waals surface area (Å²) in [6.45, 7) is 12.5. The molecule has 19 nitrogen and oxygen atoms in total. The van der Waals surface area contributed by atoms with E-state index in [2.05, 4.69) is 4.72 Å². The number of sulfonamides is 1. The summed E-state index contributed by atoms with van der Waals surface area (Å²) in [5, 5.41) is 10.3. The van der Waals surface area contributed by atoms with Crippen molar-refractivity contribution in [1.82, 2.24) is 0 Å². The van der Waals surface area contributed by atoms with Gasteiger partial charge in [0.15, 0.2) is 0 Å². The van der Waals surface area contributed by atoms with Crippen LogP contribution in [0.5, 0.6) is 17.2 Å².